The van der Waals surface area contributed by atoms with Crippen LogP contribution in [0.4, 0.5) is 5.69 Å². The number of aliphatic hydroxyl groups excluding tert-OH is 1. The van der Waals surface area contributed by atoms with Crippen molar-refractivity contribution in [2.45, 2.75) is 6.10 Å². The fourth-order valence-electron chi connectivity index (χ4n) is 1.14. The van der Waals surface area contributed by atoms with E-state index < -0.39 is 6.10 Å². The number of anilines is 1. The van der Waals surface area contributed by atoms with Gasteiger partial charge in [-0.1, -0.05) is 23.2 Å². The van der Waals surface area contributed by atoms with Crippen molar-refractivity contribution >= 4 is 28.9 Å². The maximum Gasteiger partial charge on any atom is 0.139 e. The van der Waals surface area contributed by atoms with Crippen LogP contribution in [0.1, 0.15) is 0 Å². The molecule has 90 valence electrons. The first-order valence-corrected chi connectivity index (χ1v) is 5.49. The van der Waals surface area contributed by atoms with Crippen LogP contribution >= 0.6 is 23.2 Å². The number of halogens is 2. The van der Waals surface area contributed by atoms with Gasteiger partial charge in [-0.05, 0) is 12.1 Å². The molecule has 0 heterocycles. The fraction of sp³-hybridized carbons (Fsp3) is 0.400. The van der Waals surface area contributed by atoms with Gasteiger partial charge in [-0.15, -0.1) is 0 Å². The second kappa shape index (κ2) is 6.15. The van der Waals surface area contributed by atoms with Crippen LogP contribution in [0.25, 0.3) is 0 Å². The molecule has 0 radical (unpaired) electrons. The number of nitrogens with one attached hydrogen (secondary N) is 1. The molecule has 4 N–H and O–H groups in total. The van der Waals surface area contributed by atoms with Gasteiger partial charge in [0.1, 0.15) is 10.8 Å². The quantitative estimate of drug-likeness (QED) is 0.758. The zero-order chi connectivity index (χ0) is 12.1. The fourth-order valence-corrected chi connectivity index (χ4v) is 1.60. The molecular formula is C10H14Cl2N2O2. The third-order valence-electron chi connectivity index (χ3n) is 2.07. The van der Waals surface area contributed by atoms with Gasteiger partial charge in [-0.25, -0.2) is 0 Å². The number of hydrogen-bond donors (Lipinski definition) is 3. The van der Waals surface area contributed by atoms with Gasteiger partial charge in [0.25, 0.3) is 0 Å². The first-order chi connectivity index (χ1) is 7.60. The number of nitrogens with two attached hydrogens (primary N) is 1. The summed E-state index contributed by atoms with van der Waals surface area (Å²) in [6, 6.07) is 3.43. The molecule has 0 saturated carbocycles. The predicted molar refractivity (Wildman–Crippen MR) is 66.6 cm³/mol. The minimum Gasteiger partial charge on any atom is -0.495 e. The summed E-state index contributed by atoms with van der Waals surface area (Å²) in [5, 5.41) is 13.0. The Morgan fingerprint density at radius 1 is 1.44 bits per heavy atom. The zero-order valence-electron chi connectivity index (χ0n) is 8.84. The van der Waals surface area contributed by atoms with E-state index in [1.54, 1.807) is 12.1 Å². The Morgan fingerprint density at radius 3 is 2.69 bits per heavy atom. The van der Waals surface area contributed by atoms with E-state index in [2.05, 4.69) is 5.32 Å². The van der Waals surface area contributed by atoms with E-state index >= 15 is 0 Å². The molecule has 0 amide bonds. The van der Waals surface area contributed by atoms with Gasteiger partial charge in [0, 0.05) is 13.1 Å². The lowest BCUT2D eigenvalue weighted by Gasteiger charge is -2.13. The molecule has 0 aliphatic rings. The number of rotatable bonds is 5. The summed E-state index contributed by atoms with van der Waals surface area (Å²) in [6.07, 6.45) is -0.614. The molecule has 0 saturated heterocycles. The Labute approximate surface area is 104 Å². The van der Waals surface area contributed by atoms with Gasteiger partial charge in [0.05, 0.1) is 23.9 Å². The van der Waals surface area contributed by atoms with Crippen molar-refractivity contribution in [1.29, 1.82) is 0 Å². The number of hydrogen-bond acceptors (Lipinski definition) is 4. The zero-order valence-corrected chi connectivity index (χ0v) is 10.3. The minimum absolute atomic E-state index is 0.189. The van der Waals surface area contributed by atoms with Gasteiger partial charge in [-0.2, -0.15) is 0 Å². The van der Waals surface area contributed by atoms with Crippen LogP contribution in [0.5, 0.6) is 5.75 Å². The van der Waals surface area contributed by atoms with E-state index in [9.17, 15) is 5.11 Å². The summed E-state index contributed by atoms with van der Waals surface area (Å²) in [5.74, 6) is 0.511. The lowest BCUT2D eigenvalue weighted by atomic mass is 10.2. The molecular weight excluding hydrogens is 251 g/mol. The maximum absolute atomic E-state index is 9.29. The van der Waals surface area contributed by atoms with Crippen molar-refractivity contribution in [3.05, 3.63) is 22.2 Å². The summed E-state index contributed by atoms with van der Waals surface area (Å²) >= 11 is 12.0. The first kappa shape index (κ1) is 13.4. The number of ether oxygens (including phenoxy) is 1. The second-order valence-electron chi connectivity index (χ2n) is 3.21. The van der Waals surface area contributed by atoms with Crippen molar-refractivity contribution in [2.75, 3.05) is 25.5 Å². The Hall–Kier alpha value is -0.680. The van der Waals surface area contributed by atoms with E-state index in [0.29, 0.717) is 28.0 Å². The maximum atomic E-state index is 9.29. The Morgan fingerprint density at radius 2 is 2.12 bits per heavy atom. The molecule has 0 aliphatic heterocycles. The third-order valence-corrected chi connectivity index (χ3v) is 2.93. The van der Waals surface area contributed by atoms with Crippen LogP contribution in [0.2, 0.25) is 10.0 Å². The van der Waals surface area contributed by atoms with E-state index in [1.165, 1.54) is 7.11 Å². The van der Waals surface area contributed by atoms with Crippen LogP contribution in [-0.4, -0.2) is 31.4 Å². The molecule has 1 rings (SSSR count). The van der Waals surface area contributed by atoms with Crippen molar-refractivity contribution in [3.63, 3.8) is 0 Å². The molecule has 4 nitrogen and oxygen atoms in total. The summed E-state index contributed by atoms with van der Waals surface area (Å²) in [4.78, 5) is 0. The molecule has 1 aromatic carbocycles. The Balaban J connectivity index is 2.78. The van der Waals surface area contributed by atoms with Crippen LogP contribution in [0, 0.1) is 0 Å². The molecule has 0 spiro atoms. The lowest BCUT2D eigenvalue weighted by Crippen LogP contribution is -2.27. The SMILES string of the molecule is COc1ccc(NCC(O)CN)c(Cl)c1Cl. The highest BCUT2D eigenvalue weighted by molar-refractivity contribution is 6.44. The van der Waals surface area contributed by atoms with Crippen LogP contribution in [0.3, 0.4) is 0 Å². The van der Waals surface area contributed by atoms with Gasteiger partial charge < -0.3 is 20.9 Å². The molecule has 1 aromatic rings. The van der Waals surface area contributed by atoms with Gasteiger partial charge >= 0.3 is 0 Å². The molecule has 0 bridgehead atoms. The van der Waals surface area contributed by atoms with Crippen molar-refractivity contribution in [3.8, 4) is 5.75 Å². The van der Waals surface area contributed by atoms with Crippen molar-refractivity contribution in [2.24, 2.45) is 5.73 Å². The van der Waals surface area contributed by atoms with E-state index in [1.807, 2.05) is 0 Å². The molecule has 1 unspecified atom stereocenters. The number of aliphatic hydroxyl groups is 1. The summed E-state index contributed by atoms with van der Waals surface area (Å²) < 4.78 is 5.01. The molecule has 0 aromatic heterocycles. The summed E-state index contributed by atoms with van der Waals surface area (Å²) in [7, 11) is 1.52. The monoisotopic (exact) mass is 264 g/mol. The first-order valence-electron chi connectivity index (χ1n) is 4.74. The van der Waals surface area contributed by atoms with Crippen molar-refractivity contribution in [1.82, 2.24) is 0 Å². The summed E-state index contributed by atoms with van der Waals surface area (Å²) in [5.41, 5.74) is 5.92. The average Bonchev–Trinajstić information content (AvgIpc) is 2.30. The van der Waals surface area contributed by atoms with Crippen LogP contribution in [-0.2, 0) is 0 Å². The number of methoxy groups -OCH3 is 1. The normalized spacial score (nSPS) is 12.3. The molecule has 1 atom stereocenters. The van der Waals surface area contributed by atoms with Crippen molar-refractivity contribution < 1.29 is 9.84 Å². The predicted octanol–water partition coefficient (Wildman–Crippen LogP) is 1.73. The van der Waals surface area contributed by atoms with Crippen LogP contribution < -0.4 is 15.8 Å². The average molecular weight is 265 g/mol. The van der Waals surface area contributed by atoms with E-state index in [0.717, 1.165) is 0 Å². The molecule has 6 heteroatoms. The highest BCUT2D eigenvalue weighted by Gasteiger charge is 2.10. The number of benzene rings is 1. The van der Waals surface area contributed by atoms with E-state index in [-0.39, 0.29) is 6.54 Å². The Bertz CT molecular complexity index is 361. The van der Waals surface area contributed by atoms with Gasteiger partial charge in [-0.3, -0.25) is 0 Å². The van der Waals surface area contributed by atoms with Gasteiger partial charge in [0.2, 0.25) is 0 Å². The standard InChI is InChI=1S/C10H14Cl2N2O2/c1-16-8-3-2-7(9(11)10(8)12)14-5-6(15)4-13/h2-3,6,14-15H,4-5,13H2,1H3. The molecule has 16 heavy (non-hydrogen) atoms. The minimum atomic E-state index is -0.614. The molecule has 0 aliphatic carbocycles. The highest BCUT2D eigenvalue weighted by atomic mass is 35.5. The van der Waals surface area contributed by atoms with Gasteiger partial charge in [0.15, 0.2) is 0 Å². The Kier molecular flexibility index (Phi) is 5.15. The summed E-state index contributed by atoms with van der Waals surface area (Å²) in [6.45, 7) is 0.507. The largest absolute Gasteiger partial charge is 0.495 e. The smallest absolute Gasteiger partial charge is 0.139 e. The van der Waals surface area contributed by atoms with Crippen LogP contribution in [0.15, 0.2) is 12.1 Å². The lowest BCUT2D eigenvalue weighted by molar-refractivity contribution is 0.196. The second-order valence-corrected chi connectivity index (χ2v) is 3.97. The van der Waals surface area contributed by atoms with E-state index in [4.69, 9.17) is 33.7 Å². The molecule has 0 fully saturated rings. The highest BCUT2D eigenvalue weighted by Crippen LogP contribution is 2.37. The third kappa shape index (κ3) is 3.15. The topological polar surface area (TPSA) is 67.5 Å².